The molecule has 1 aliphatic rings. The van der Waals surface area contributed by atoms with Crippen molar-refractivity contribution < 1.29 is 9.90 Å². The summed E-state index contributed by atoms with van der Waals surface area (Å²) in [6, 6.07) is 0.435. The average Bonchev–Trinajstić information content (AvgIpc) is 2.31. The van der Waals surface area contributed by atoms with Crippen molar-refractivity contribution in [1.29, 1.82) is 0 Å². The van der Waals surface area contributed by atoms with Crippen LogP contribution in [-0.4, -0.2) is 27.1 Å². The molecule has 5 heteroatoms. The van der Waals surface area contributed by atoms with Crippen molar-refractivity contribution in [3.05, 3.63) is 18.0 Å². The smallest absolute Gasteiger partial charge is 0.338 e. The molecule has 1 aromatic rings. The van der Waals surface area contributed by atoms with E-state index in [-0.39, 0.29) is 5.56 Å². The number of hydrogen-bond donors (Lipinski definition) is 2. The van der Waals surface area contributed by atoms with E-state index in [9.17, 15) is 4.79 Å². The van der Waals surface area contributed by atoms with E-state index in [4.69, 9.17) is 5.11 Å². The Labute approximate surface area is 93.9 Å². The molecule has 0 aliphatic heterocycles. The zero-order chi connectivity index (χ0) is 11.4. The number of nitrogens with one attached hydrogen (secondary N) is 1. The first-order valence-corrected chi connectivity index (χ1v) is 5.57. The van der Waals surface area contributed by atoms with Gasteiger partial charge < -0.3 is 10.4 Å². The van der Waals surface area contributed by atoms with E-state index in [0.717, 1.165) is 12.8 Å². The number of carbonyl (C=O) groups is 1. The molecule has 0 saturated heterocycles. The molecular formula is C11H15N3O2. The van der Waals surface area contributed by atoms with Gasteiger partial charge in [-0.15, -0.1) is 0 Å². The number of aromatic nitrogens is 2. The van der Waals surface area contributed by atoms with E-state index in [2.05, 4.69) is 15.3 Å². The third-order valence-electron chi connectivity index (χ3n) is 2.84. The fourth-order valence-corrected chi connectivity index (χ4v) is 1.94. The number of aromatic carboxylic acids is 1. The molecule has 0 unspecified atom stereocenters. The van der Waals surface area contributed by atoms with Gasteiger partial charge in [-0.2, -0.15) is 0 Å². The predicted octanol–water partition coefficient (Wildman–Crippen LogP) is 1.92. The summed E-state index contributed by atoms with van der Waals surface area (Å²) in [7, 11) is 0. The van der Waals surface area contributed by atoms with Gasteiger partial charge in [0.2, 0.25) is 5.95 Å². The van der Waals surface area contributed by atoms with Crippen molar-refractivity contribution in [3.63, 3.8) is 0 Å². The number of rotatable bonds is 3. The number of carboxylic acids is 1. The van der Waals surface area contributed by atoms with Crippen LogP contribution in [0.4, 0.5) is 5.95 Å². The zero-order valence-corrected chi connectivity index (χ0v) is 9.02. The SMILES string of the molecule is O=C(O)c1cnc(NC2CCCCC2)nc1. The van der Waals surface area contributed by atoms with Crippen LogP contribution in [0.15, 0.2) is 12.4 Å². The summed E-state index contributed by atoms with van der Waals surface area (Å²) in [6.45, 7) is 0. The van der Waals surface area contributed by atoms with E-state index in [1.165, 1.54) is 31.7 Å². The lowest BCUT2D eigenvalue weighted by atomic mass is 9.96. The summed E-state index contributed by atoms with van der Waals surface area (Å²) >= 11 is 0. The third kappa shape index (κ3) is 2.68. The molecule has 2 rings (SSSR count). The van der Waals surface area contributed by atoms with Crippen LogP contribution in [0.2, 0.25) is 0 Å². The fraction of sp³-hybridized carbons (Fsp3) is 0.545. The van der Waals surface area contributed by atoms with E-state index in [0.29, 0.717) is 12.0 Å². The van der Waals surface area contributed by atoms with Crippen LogP contribution in [-0.2, 0) is 0 Å². The third-order valence-corrected chi connectivity index (χ3v) is 2.84. The molecule has 1 fully saturated rings. The van der Waals surface area contributed by atoms with Crippen LogP contribution in [0, 0.1) is 0 Å². The van der Waals surface area contributed by atoms with Gasteiger partial charge >= 0.3 is 5.97 Å². The minimum atomic E-state index is -0.996. The first-order valence-electron chi connectivity index (χ1n) is 5.57. The van der Waals surface area contributed by atoms with E-state index < -0.39 is 5.97 Å². The second-order valence-corrected chi connectivity index (χ2v) is 4.08. The monoisotopic (exact) mass is 221 g/mol. The maximum Gasteiger partial charge on any atom is 0.338 e. The van der Waals surface area contributed by atoms with Crippen molar-refractivity contribution in [2.24, 2.45) is 0 Å². The molecule has 0 radical (unpaired) electrons. The van der Waals surface area contributed by atoms with Crippen molar-refractivity contribution in [2.75, 3.05) is 5.32 Å². The standard InChI is InChI=1S/C11H15N3O2/c15-10(16)8-6-12-11(13-7-8)14-9-4-2-1-3-5-9/h6-7,9H,1-5H2,(H,15,16)(H,12,13,14). The van der Waals surface area contributed by atoms with Crippen LogP contribution in [0.25, 0.3) is 0 Å². The Kier molecular flexibility index (Phi) is 3.34. The lowest BCUT2D eigenvalue weighted by Gasteiger charge is -2.22. The van der Waals surface area contributed by atoms with Crippen LogP contribution in [0.5, 0.6) is 0 Å². The van der Waals surface area contributed by atoms with E-state index in [1.807, 2.05) is 0 Å². The highest BCUT2D eigenvalue weighted by Gasteiger charge is 2.14. The Morgan fingerprint density at radius 1 is 1.25 bits per heavy atom. The molecule has 0 spiro atoms. The number of nitrogens with zero attached hydrogens (tertiary/aromatic N) is 2. The molecule has 1 saturated carbocycles. The first-order chi connectivity index (χ1) is 7.75. The molecule has 1 heterocycles. The summed E-state index contributed by atoms with van der Waals surface area (Å²) in [4.78, 5) is 18.6. The molecule has 0 aromatic carbocycles. The lowest BCUT2D eigenvalue weighted by molar-refractivity contribution is 0.0696. The predicted molar refractivity (Wildman–Crippen MR) is 59.5 cm³/mol. The second-order valence-electron chi connectivity index (χ2n) is 4.08. The van der Waals surface area contributed by atoms with Gasteiger partial charge in [-0.3, -0.25) is 0 Å². The molecule has 0 atom stereocenters. The fourth-order valence-electron chi connectivity index (χ4n) is 1.94. The van der Waals surface area contributed by atoms with Crippen molar-refractivity contribution in [2.45, 2.75) is 38.1 Å². The Bertz CT molecular complexity index is 358. The van der Waals surface area contributed by atoms with Crippen molar-refractivity contribution >= 4 is 11.9 Å². The van der Waals surface area contributed by atoms with Crippen LogP contribution in [0.1, 0.15) is 42.5 Å². The molecule has 1 aromatic heterocycles. The maximum atomic E-state index is 10.6. The lowest BCUT2D eigenvalue weighted by Crippen LogP contribution is -2.23. The van der Waals surface area contributed by atoms with Gasteiger partial charge in [0.15, 0.2) is 0 Å². The summed E-state index contributed by atoms with van der Waals surface area (Å²) in [5.41, 5.74) is 0.120. The Hall–Kier alpha value is -1.65. The highest BCUT2D eigenvalue weighted by Crippen LogP contribution is 2.19. The van der Waals surface area contributed by atoms with Gasteiger partial charge in [0.25, 0.3) is 0 Å². The van der Waals surface area contributed by atoms with Gasteiger partial charge in [0, 0.05) is 18.4 Å². The highest BCUT2D eigenvalue weighted by molar-refractivity contribution is 5.86. The minimum Gasteiger partial charge on any atom is -0.478 e. The summed E-state index contributed by atoms with van der Waals surface area (Å²) in [5.74, 6) is -0.471. The van der Waals surface area contributed by atoms with Gasteiger partial charge in [0.1, 0.15) is 0 Å². The zero-order valence-electron chi connectivity index (χ0n) is 9.02. The summed E-state index contributed by atoms with van der Waals surface area (Å²) in [5, 5.41) is 11.9. The van der Waals surface area contributed by atoms with Crippen molar-refractivity contribution in [3.8, 4) is 0 Å². The second kappa shape index (κ2) is 4.92. The van der Waals surface area contributed by atoms with Gasteiger partial charge in [-0.25, -0.2) is 14.8 Å². The molecule has 86 valence electrons. The maximum absolute atomic E-state index is 10.6. The van der Waals surface area contributed by atoms with Crippen molar-refractivity contribution in [1.82, 2.24) is 9.97 Å². The largest absolute Gasteiger partial charge is 0.478 e. The van der Waals surface area contributed by atoms with E-state index in [1.54, 1.807) is 0 Å². The molecular weight excluding hydrogens is 206 g/mol. The summed E-state index contributed by atoms with van der Waals surface area (Å²) < 4.78 is 0. The minimum absolute atomic E-state index is 0.120. The van der Waals surface area contributed by atoms with Gasteiger partial charge in [-0.05, 0) is 12.8 Å². The highest BCUT2D eigenvalue weighted by atomic mass is 16.4. The molecule has 0 bridgehead atoms. The Morgan fingerprint density at radius 2 is 1.88 bits per heavy atom. The van der Waals surface area contributed by atoms with Gasteiger partial charge in [0.05, 0.1) is 5.56 Å². The first kappa shape index (κ1) is 10.9. The summed E-state index contributed by atoms with van der Waals surface area (Å²) in [6.07, 6.45) is 8.74. The number of anilines is 1. The topological polar surface area (TPSA) is 75.1 Å². The molecule has 1 aliphatic carbocycles. The van der Waals surface area contributed by atoms with Crippen LogP contribution in [0.3, 0.4) is 0 Å². The Balaban J connectivity index is 1.96. The van der Waals surface area contributed by atoms with Crippen LogP contribution < -0.4 is 5.32 Å². The quantitative estimate of drug-likeness (QED) is 0.815. The molecule has 2 N–H and O–H groups in total. The molecule has 16 heavy (non-hydrogen) atoms. The average molecular weight is 221 g/mol. The normalized spacial score (nSPS) is 17.0. The Morgan fingerprint density at radius 3 is 2.44 bits per heavy atom. The number of carboxylic acid groups (broad SMARTS) is 1. The van der Waals surface area contributed by atoms with E-state index >= 15 is 0 Å². The molecule has 5 nitrogen and oxygen atoms in total. The van der Waals surface area contributed by atoms with Crippen LogP contribution >= 0.6 is 0 Å². The molecule has 0 amide bonds. The number of hydrogen-bond acceptors (Lipinski definition) is 4. The van der Waals surface area contributed by atoms with Gasteiger partial charge in [-0.1, -0.05) is 19.3 Å².